The lowest BCUT2D eigenvalue weighted by atomic mass is 10.0. The Morgan fingerprint density at radius 3 is 2.37 bits per heavy atom. The van der Waals surface area contributed by atoms with Gasteiger partial charge in [0.25, 0.3) is 5.91 Å². The van der Waals surface area contributed by atoms with Crippen LogP contribution in [0.4, 0.5) is 14.9 Å². The second kappa shape index (κ2) is 13.0. The summed E-state index contributed by atoms with van der Waals surface area (Å²) in [6.45, 7) is 5.32. The summed E-state index contributed by atoms with van der Waals surface area (Å²) >= 11 is 7.28. The molecule has 10 heteroatoms. The molecule has 7 nitrogen and oxygen atoms in total. The van der Waals surface area contributed by atoms with Gasteiger partial charge in [-0.3, -0.25) is 9.59 Å². The van der Waals surface area contributed by atoms with Crippen LogP contribution in [0.5, 0.6) is 5.75 Å². The molecule has 3 aromatic rings. The first-order valence-corrected chi connectivity index (χ1v) is 14.5. The molecule has 0 unspecified atom stereocenters. The molecular weight excluding hydrogens is 567 g/mol. The van der Waals surface area contributed by atoms with E-state index in [0.717, 1.165) is 11.1 Å². The SMILES string of the molecule is COc1ccc(CCC(=O)c2cc3c(cc2F)SC[C@H](NC(=O)OC(C)(C)C)C(=O)N3Cc2ccc(Cl)cc2)cc1. The molecule has 1 aliphatic rings. The molecule has 0 saturated heterocycles. The maximum Gasteiger partial charge on any atom is 0.408 e. The third-order valence-corrected chi connectivity index (χ3v) is 7.74. The van der Waals surface area contributed by atoms with Crippen LogP contribution < -0.4 is 15.0 Å². The molecule has 0 bridgehead atoms. The summed E-state index contributed by atoms with van der Waals surface area (Å²) in [6.07, 6.45) is -0.221. The highest BCUT2D eigenvalue weighted by Crippen LogP contribution is 2.38. The minimum Gasteiger partial charge on any atom is -0.497 e. The lowest BCUT2D eigenvalue weighted by Gasteiger charge is -2.27. The van der Waals surface area contributed by atoms with Crippen molar-refractivity contribution in [1.82, 2.24) is 5.32 Å². The van der Waals surface area contributed by atoms with Crippen LogP contribution in [0.25, 0.3) is 0 Å². The van der Waals surface area contributed by atoms with Gasteiger partial charge in [0, 0.05) is 22.1 Å². The first-order chi connectivity index (χ1) is 19.4. The zero-order chi connectivity index (χ0) is 29.7. The molecule has 1 atom stereocenters. The number of rotatable bonds is 8. The standard InChI is InChI=1S/C31H32ClFN2O5S/c1-31(2,3)40-30(38)34-25-18-41-28-16-24(33)23(27(36)14-9-19-7-12-22(39-4)13-8-19)15-26(28)35(29(25)37)17-20-5-10-21(32)11-6-20/h5-8,10-13,15-16,25H,9,14,17-18H2,1-4H3,(H,34,38)/t25-/m0/s1. The summed E-state index contributed by atoms with van der Waals surface area (Å²) in [5.74, 6) is -0.572. The fraction of sp³-hybridized carbons (Fsp3) is 0.323. The minimum atomic E-state index is -0.938. The number of halogens is 2. The van der Waals surface area contributed by atoms with E-state index in [0.29, 0.717) is 27.8 Å². The smallest absolute Gasteiger partial charge is 0.408 e. The van der Waals surface area contributed by atoms with Crippen molar-refractivity contribution in [3.05, 3.63) is 88.2 Å². The predicted molar refractivity (Wildman–Crippen MR) is 159 cm³/mol. The van der Waals surface area contributed by atoms with Gasteiger partial charge in [-0.15, -0.1) is 11.8 Å². The van der Waals surface area contributed by atoms with Gasteiger partial charge in [-0.1, -0.05) is 35.9 Å². The molecular formula is C31H32ClFN2O5S. The first kappa shape index (κ1) is 30.4. The average molecular weight is 599 g/mol. The van der Waals surface area contributed by atoms with Crippen LogP contribution in [-0.2, 0) is 22.5 Å². The molecule has 1 aliphatic heterocycles. The zero-order valence-electron chi connectivity index (χ0n) is 23.3. The number of alkyl carbamates (subject to hydrolysis) is 1. The highest BCUT2D eigenvalue weighted by atomic mass is 35.5. The van der Waals surface area contributed by atoms with E-state index in [1.54, 1.807) is 52.1 Å². The van der Waals surface area contributed by atoms with Crippen LogP contribution in [0, 0.1) is 5.82 Å². The summed E-state index contributed by atoms with van der Waals surface area (Å²) in [4.78, 5) is 41.5. The highest BCUT2D eigenvalue weighted by Gasteiger charge is 2.34. The van der Waals surface area contributed by atoms with E-state index in [4.69, 9.17) is 21.1 Å². The number of benzene rings is 3. The number of carbonyl (C=O) groups excluding carboxylic acids is 3. The number of Topliss-reactive ketones (excluding diaryl/α,β-unsaturated/α-hetero) is 1. The van der Waals surface area contributed by atoms with E-state index in [1.807, 2.05) is 24.3 Å². The first-order valence-electron chi connectivity index (χ1n) is 13.1. The molecule has 0 spiro atoms. The Kier molecular flexibility index (Phi) is 9.60. The van der Waals surface area contributed by atoms with Crippen molar-refractivity contribution in [1.29, 1.82) is 0 Å². The Labute approximate surface area is 248 Å². The van der Waals surface area contributed by atoms with Gasteiger partial charge in [0.05, 0.1) is 24.9 Å². The van der Waals surface area contributed by atoms with Crippen LogP contribution in [0.3, 0.4) is 0 Å². The summed E-state index contributed by atoms with van der Waals surface area (Å²) in [5, 5.41) is 3.20. The number of anilines is 1. The average Bonchev–Trinajstić information content (AvgIpc) is 3.03. The van der Waals surface area contributed by atoms with Crippen LogP contribution in [0.15, 0.2) is 65.6 Å². The Morgan fingerprint density at radius 1 is 1.07 bits per heavy atom. The number of nitrogens with zero attached hydrogens (tertiary/aromatic N) is 1. The number of nitrogens with one attached hydrogen (secondary N) is 1. The molecule has 0 radical (unpaired) electrons. The Balaban J connectivity index is 1.63. The largest absolute Gasteiger partial charge is 0.497 e. The number of thioether (sulfide) groups is 1. The Morgan fingerprint density at radius 2 is 1.73 bits per heavy atom. The van der Waals surface area contributed by atoms with Gasteiger partial charge in [-0.2, -0.15) is 0 Å². The van der Waals surface area contributed by atoms with E-state index in [2.05, 4.69) is 5.32 Å². The second-order valence-electron chi connectivity index (χ2n) is 10.6. The van der Waals surface area contributed by atoms with Crippen LogP contribution in [0.2, 0.25) is 5.02 Å². The summed E-state index contributed by atoms with van der Waals surface area (Å²) in [7, 11) is 1.58. The normalized spacial score (nSPS) is 15.1. The highest BCUT2D eigenvalue weighted by molar-refractivity contribution is 7.99. The van der Waals surface area contributed by atoms with Gasteiger partial charge in [0.15, 0.2) is 5.78 Å². The topological polar surface area (TPSA) is 84.9 Å². The molecule has 216 valence electrons. The molecule has 0 aliphatic carbocycles. The summed E-state index contributed by atoms with van der Waals surface area (Å²) in [6, 6.07) is 16.1. The minimum absolute atomic E-state index is 0.0864. The van der Waals surface area contributed by atoms with Crippen LogP contribution in [-0.4, -0.2) is 42.3 Å². The van der Waals surface area contributed by atoms with E-state index in [1.165, 1.54) is 28.8 Å². The molecule has 0 fully saturated rings. The van der Waals surface area contributed by atoms with Crippen molar-refractivity contribution >= 4 is 46.8 Å². The monoisotopic (exact) mass is 598 g/mol. The number of ether oxygens (including phenoxy) is 2. The maximum absolute atomic E-state index is 15.3. The number of hydrogen-bond acceptors (Lipinski definition) is 6. The van der Waals surface area contributed by atoms with Crippen LogP contribution in [0.1, 0.15) is 48.7 Å². The van der Waals surface area contributed by atoms with E-state index in [-0.39, 0.29) is 30.1 Å². The molecule has 3 aromatic carbocycles. The number of fused-ring (bicyclic) bond motifs is 1. The van der Waals surface area contributed by atoms with Gasteiger partial charge < -0.3 is 19.7 Å². The molecule has 41 heavy (non-hydrogen) atoms. The van der Waals surface area contributed by atoms with Gasteiger partial charge in [0.1, 0.15) is 23.2 Å². The van der Waals surface area contributed by atoms with Crippen molar-refractivity contribution < 1.29 is 28.2 Å². The molecule has 1 heterocycles. The third-order valence-electron chi connectivity index (χ3n) is 6.35. The predicted octanol–water partition coefficient (Wildman–Crippen LogP) is 6.84. The quantitative estimate of drug-likeness (QED) is 0.286. The van der Waals surface area contributed by atoms with E-state index < -0.39 is 29.5 Å². The number of hydrogen-bond donors (Lipinski definition) is 1. The fourth-order valence-corrected chi connectivity index (χ4v) is 5.51. The fourth-order valence-electron chi connectivity index (χ4n) is 4.31. The van der Waals surface area contributed by atoms with Crippen LogP contribution >= 0.6 is 23.4 Å². The zero-order valence-corrected chi connectivity index (χ0v) is 24.9. The second-order valence-corrected chi connectivity index (χ2v) is 12.1. The third kappa shape index (κ3) is 8.01. The molecule has 0 aromatic heterocycles. The number of carbonyl (C=O) groups is 3. The summed E-state index contributed by atoms with van der Waals surface area (Å²) < 4.78 is 25.9. The Bertz CT molecular complexity index is 1420. The number of methoxy groups -OCH3 is 1. The van der Waals surface area contributed by atoms with E-state index in [9.17, 15) is 14.4 Å². The lowest BCUT2D eigenvalue weighted by molar-refractivity contribution is -0.120. The number of amides is 2. The molecule has 4 rings (SSSR count). The van der Waals surface area contributed by atoms with Crippen molar-refractivity contribution in [2.45, 2.75) is 56.7 Å². The van der Waals surface area contributed by atoms with Gasteiger partial charge in [-0.25, -0.2) is 9.18 Å². The lowest BCUT2D eigenvalue weighted by Crippen LogP contribution is -2.50. The van der Waals surface area contributed by atoms with Crippen molar-refractivity contribution in [2.75, 3.05) is 17.8 Å². The van der Waals surface area contributed by atoms with Crippen molar-refractivity contribution in [3.63, 3.8) is 0 Å². The Hall–Kier alpha value is -3.56. The van der Waals surface area contributed by atoms with Gasteiger partial charge in [-0.05, 0) is 74.7 Å². The molecule has 1 N–H and O–H groups in total. The van der Waals surface area contributed by atoms with Gasteiger partial charge in [0.2, 0.25) is 0 Å². The number of aryl methyl sites for hydroxylation is 1. The van der Waals surface area contributed by atoms with Crippen molar-refractivity contribution in [3.8, 4) is 5.75 Å². The number of ketones is 1. The summed E-state index contributed by atoms with van der Waals surface area (Å²) in [5.41, 5.74) is 1.25. The van der Waals surface area contributed by atoms with Crippen molar-refractivity contribution in [2.24, 2.45) is 0 Å². The maximum atomic E-state index is 15.3. The van der Waals surface area contributed by atoms with E-state index >= 15 is 4.39 Å². The molecule has 2 amide bonds. The molecule has 0 saturated carbocycles. The van der Waals surface area contributed by atoms with Gasteiger partial charge >= 0.3 is 6.09 Å².